The van der Waals surface area contributed by atoms with Gasteiger partial charge in [-0.3, -0.25) is 9.69 Å². The Morgan fingerprint density at radius 3 is 2.30 bits per heavy atom. The number of carbonyl (C=O) groups excluding carboxylic acids is 1. The van der Waals surface area contributed by atoms with E-state index in [9.17, 15) is 9.18 Å². The Balaban J connectivity index is 1.54. The zero-order chi connectivity index (χ0) is 28.2. The maximum atomic E-state index is 13.9. The Morgan fingerprint density at radius 2 is 1.65 bits per heavy atom. The molecule has 2 heterocycles. The summed E-state index contributed by atoms with van der Waals surface area (Å²) in [5.74, 6) is 0.771. The molecule has 0 N–H and O–H groups in total. The van der Waals surface area contributed by atoms with Crippen molar-refractivity contribution in [2.75, 3.05) is 37.6 Å². The zero-order valence-electron chi connectivity index (χ0n) is 24.1. The average molecular weight is 542 g/mol. The number of hydrogen-bond donors (Lipinski definition) is 0. The molecule has 3 aromatic carbocycles. The van der Waals surface area contributed by atoms with Crippen LogP contribution in [0.4, 0.5) is 10.2 Å². The number of halogens is 1. The van der Waals surface area contributed by atoms with Crippen LogP contribution in [0.2, 0.25) is 0 Å². The Kier molecular flexibility index (Phi) is 8.50. The standard InChI is InChI=1S/C33H40FN5O/c1-5-17-38(33(40)27-12-11-25-9-7-8-10-26(25)22-27)23-30-31(6-2)35-39(29-15-13-28(34)14-16-29)32(30)37-20-18-36(19-21-37)24(3)4/h7-16,22,24H,5-6,17-21,23H2,1-4H3. The highest BCUT2D eigenvalue weighted by molar-refractivity contribution is 5.98. The van der Waals surface area contributed by atoms with Gasteiger partial charge in [0, 0.05) is 49.9 Å². The van der Waals surface area contributed by atoms with Crippen molar-refractivity contribution in [3.63, 3.8) is 0 Å². The monoisotopic (exact) mass is 541 g/mol. The first-order valence-electron chi connectivity index (χ1n) is 14.5. The summed E-state index contributed by atoms with van der Waals surface area (Å²) in [6.45, 7) is 13.5. The van der Waals surface area contributed by atoms with Crippen molar-refractivity contribution in [2.24, 2.45) is 0 Å². The highest BCUT2D eigenvalue weighted by atomic mass is 19.1. The van der Waals surface area contributed by atoms with Gasteiger partial charge >= 0.3 is 0 Å². The molecule has 0 radical (unpaired) electrons. The molecule has 210 valence electrons. The summed E-state index contributed by atoms with van der Waals surface area (Å²) in [6.07, 6.45) is 1.60. The Morgan fingerprint density at radius 1 is 0.950 bits per heavy atom. The lowest BCUT2D eigenvalue weighted by molar-refractivity contribution is 0.0743. The topological polar surface area (TPSA) is 44.6 Å². The summed E-state index contributed by atoms with van der Waals surface area (Å²) in [4.78, 5) is 20.8. The van der Waals surface area contributed by atoms with E-state index < -0.39 is 0 Å². The summed E-state index contributed by atoms with van der Waals surface area (Å²) in [5.41, 5.74) is 3.57. The van der Waals surface area contributed by atoms with Gasteiger partial charge in [-0.15, -0.1) is 0 Å². The molecule has 1 saturated heterocycles. The van der Waals surface area contributed by atoms with Crippen LogP contribution < -0.4 is 4.90 Å². The van der Waals surface area contributed by atoms with E-state index in [4.69, 9.17) is 5.10 Å². The zero-order valence-corrected chi connectivity index (χ0v) is 24.1. The second-order valence-corrected chi connectivity index (χ2v) is 10.9. The first-order valence-corrected chi connectivity index (χ1v) is 14.5. The van der Waals surface area contributed by atoms with Crippen LogP contribution in [0.3, 0.4) is 0 Å². The SMILES string of the molecule is CCCN(Cc1c(CC)nn(-c2ccc(F)cc2)c1N1CCN(C(C)C)CC1)C(=O)c1ccc2ccccc2c1. The molecule has 6 nitrogen and oxygen atoms in total. The molecule has 0 bridgehead atoms. The highest BCUT2D eigenvalue weighted by Crippen LogP contribution is 2.31. The van der Waals surface area contributed by atoms with Gasteiger partial charge in [-0.1, -0.05) is 44.2 Å². The first kappa shape index (κ1) is 27.8. The summed E-state index contributed by atoms with van der Waals surface area (Å²) >= 11 is 0. The molecule has 0 unspecified atom stereocenters. The normalized spacial score (nSPS) is 14.3. The van der Waals surface area contributed by atoms with Gasteiger partial charge in [-0.25, -0.2) is 9.07 Å². The molecule has 0 spiro atoms. The Labute approximate surface area is 237 Å². The van der Waals surface area contributed by atoms with E-state index >= 15 is 0 Å². The molecule has 1 aliphatic rings. The van der Waals surface area contributed by atoms with Gasteiger partial charge in [0.1, 0.15) is 11.6 Å². The van der Waals surface area contributed by atoms with Crippen LogP contribution in [0.25, 0.3) is 16.5 Å². The second kappa shape index (κ2) is 12.2. The van der Waals surface area contributed by atoms with Crippen molar-refractivity contribution in [2.45, 2.75) is 53.1 Å². The maximum absolute atomic E-state index is 13.9. The predicted octanol–water partition coefficient (Wildman–Crippen LogP) is 6.31. The maximum Gasteiger partial charge on any atom is 0.254 e. The molecule has 1 fully saturated rings. The van der Waals surface area contributed by atoms with Crippen LogP contribution in [0.1, 0.15) is 55.7 Å². The van der Waals surface area contributed by atoms with Crippen molar-refractivity contribution in [1.82, 2.24) is 19.6 Å². The lowest BCUT2D eigenvalue weighted by atomic mass is 10.1. The minimum absolute atomic E-state index is 0.0276. The summed E-state index contributed by atoms with van der Waals surface area (Å²) in [5, 5.41) is 7.23. The van der Waals surface area contributed by atoms with Crippen LogP contribution in [-0.2, 0) is 13.0 Å². The largest absolute Gasteiger partial charge is 0.354 e. The van der Waals surface area contributed by atoms with Gasteiger partial charge in [-0.2, -0.15) is 5.10 Å². The second-order valence-electron chi connectivity index (χ2n) is 10.9. The van der Waals surface area contributed by atoms with Gasteiger partial charge < -0.3 is 9.80 Å². The van der Waals surface area contributed by atoms with Crippen molar-refractivity contribution >= 4 is 22.5 Å². The van der Waals surface area contributed by atoms with E-state index in [1.807, 2.05) is 46.0 Å². The first-order chi connectivity index (χ1) is 19.4. The van der Waals surface area contributed by atoms with Crippen LogP contribution in [-0.4, -0.2) is 64.3 Å². The van der Waals surface area contributed by atoms with E-state index in [0.29, 0.717) is 24.7 Å². The Hall–Kier alpha value is -3.71. The molecule has 40 heavy (non-hydrogen) atoms. The molecule has 1 amide bonds. The van der Waals surface area contributed by atoms with E-state index in [1.54, 1.807) is 12.1 Å². The number of piperazine rings is 1. The van der Waals surface area contributed by atoms with Crippen molar-refractivity contribution < 1.29 is 9.18 Å². The molecule has 7 heteroatoms. The van der Waals surface area contributed by atoms with Crippen molar-refractivity contribution in [1.29, 1.82) is 0 Å². The molecular weight excluding hydrogens is 501 g/mol. The van der Waals surface area contributed by atoms with E-state index in [-0.39, 0.29) is 11.7 Å². The number of aromatic nitrogens is 2. The molecule has 4 aromatic rings. The van der Waals surface area contributed by atoms with Crippen molar-refractivity contribution in [3.05, 3.63) is 89.4 Å². The molecule has 0 aliphatic carbocycles. The minimum atomic E-state index is -0.269. The minimum Gasteiger partial charge on any atom is -0.354 e. The lowest BCUT2D eigenvalue weighted by Gasteiger charge is -2.38. The summed E-state index contributed by atoms with van der Waals surface area (Å²) in [7, 11) is 0. The van der Waals surface area contributed by atoms with Gasteiger partial charge in [0.2, 0.25) is 0 Å². The number of fused-ring (bicyclic) bond motifs is 1. The smallest absolute Gasteiger partial charge is 0.254 e. The van der Waals surface area contributed by atoms with Crippen LogP contribution >= 0.6 is 0 Å². The average Bonchev–Trinajstić information content (AvgIpc) is 3.34. The number of anilines is 1. The fourth-order valence-electron chi connectivity index (χ4n) is 5.69. The lowest BCUT2D eigenvalue weighted by Crippen LogP contribution is -2.49. The number of rotatable bonds is 9. The molecule has 1 aromatic heterocycles. The summed E-state index contributed by atoms with van der Waals surface area (Å²) < 4.78 is 15.8. The number of benzene rings is 3. The Bertz CT molecular complexity index is 1450. The molecule has 0 saturated carbocycles. The number of aryl methyl sites for hydroxylation is 1. The van der Waals surface area contributed by atoms with Crippen LogP contribution in [0, 0.1) is 5.82 Å². The van der Waals surface area contributed by atoms with Crippen LogP contribution in [0.5, 0.6) is 0 Å². The van der Waals surface area contributed by atoms with Gasteiger partial charge in [-0.05, 0) is 73.9 Å². The van der Waals surface area contributed by atoms with Gasteiger partial charge in [0.05, 0.1) is 17.9 Å². The molecule has 1 aliphatic heterocycles. The fourth-order valence-corrected chi connectivity index (χ4v) is 5.69. The molecule has 5 rings (SSSR count). The summed E-state index contributed by atoms with van der Waals surface area (Å²) in [6, 6.07) is 21.1. The van der Waals surface area contributed by atoms with Crippen LogP contribution in [0.15, 0.2) is 66.7 Å². The highest BCUT2D eigenvalue weighted by Gasteiger charge is 2.29. The van der Waals surface area contributed by atoms with Gasteiger partial charge in [0.25, 0.3) is 5.91 Å². The third-order valence-electron chi connectivity index (χ3n) is 7.92. The van der Waals surface area contributed by atoms with Gasteiger partial charge in [0.15, 0.2) is 0 Å². The molecular formula is C33H40FN5O. The third-order valence-corrected chi connectivity index (χ3v) is 7.92. The van der Waals surface area contributed by atoms with Crippen molar-refractivity contribution in [3.8, 4) is 5.69 Å². The number of hydrogen-bond acceptors (Lipinski definition) is 4. The van der Waals surface area contributed by atoms with E-state index in [2.05, 4.69) is 43.6 Å². The number of amides is 1. The molecule has 0 atom stereocenters. The fraction of sp³-hybridized carbons (Fsp3) is 0.394. The quantitative estimate of drug-likeness (QED) is 0.249. The number of carbonyl (C=O) groups is 1. The third kappa shape index (κ3) is 5.75. The van der Waals surface area contributed by atoms with E-state index in [1.165, 1.54) is 12.1 Å². The number of nitrogens with zero attached hydrogens (tertiary/aromatic N) is 5. The predicted molar refractivity (Wildman–Crippen MR) is 161 cm³/mol. The van der Waals surface area contributed by atoms with E-state index in [0.717, 1.165) is 72.6 Å².